The van der Waals surface area contributed by atoms with E-state index in [1.165, 1.54) is 11.4 Å². The van der Waals surface area contributed by atoms with Gasteiger partial charge in [-0.25, -0.2) is 8.42 Å². The van der Waals surface area contributed by atoms with E-state index in [9.17, 15) is 8.42 Å². The molecule has 0 aromatic heterocycles. The SMILES string of the molecule is CC(C)NCCS(=O)(=O)N(C)C(C)(C)CO. The van der Waals surface area contributed by atoms with Crippen LogP contribution < -0.4 is 5.32 Å². The van der Waals surface area contributed by atoms with Crippen LogP contribution in [0, 0.1) is 0 Å². The van der Waals surface area contributed by atoms with E-state index < -0.39 is 15.6 Å². The van der Waals surface area contributed by atoms with Crippen molar-refractivity contribution in [1.82, 2.24) is 9.62 Å². The zero-order valence-electron chi connectivity index (χ0n) is 10.8. The molecule has 0 bridgehead atoms. The monoisotopic (exact) mass is 252 g/mol. The van der Waals surface area contributed by atoms with E-state index in [4.69, 9.17) is 5.11 Å². The van der Waals surface area contributed by atoms with E-state index in [-0.39, 0.29) is 18.4 Å². The van der Waals surface area contributed by atoms with Crippen molar-refractivity contribution in [1.29, 1.82) is 0 Å². The van der Waals surface area contributed by atoms with Crippen molar-refractivity contribution >= 4 is 10.0 Å². The molecule has 0 atom stereocenters. The lowest BCUT2D eigenvalue weighted by Crippen LogP contribution is -2.49. The zero-order chi connectivity index (χ0) is 13.0. The van der Waals surface area contributed by atoms with Gasteiger partial charge in [-0.3, -0.25) is 0 Å². The van der Waals surface area contributed by atoms with Gasteiger partial charge in [0.25, 0.3) is 0 Å². The van der Waals surface area contributed by atoms with Gasteiger partial charge in [0.15, 0.2) is 0 Å². The first kappa shape index (κ1) is 15.8. The third-order valence-electron chi connectivity index (χ3n) is 2.57. The number of rotatable bonds is 7. The third kappa shape index (κ3) is 4.78. The van der Waals surface area contributed by atoms with Crippen molar-refractivity contribution in [3.63, 3.8) is 0 Å². The first-order valence-electron chi connectivity index (χ1n) is 5.44. The molecular weight excluding hydrogens is 228 g/mol. The van der Waals surface area contributed by atoms with E-state index in [1.807, 2.05) is 13.8 Å². The highest BCUT2D eigenvalue weighted by molar-refractivity contribution is 7.89. The minimum atomic E-state index is -3.31. The lowest BCUT2D eigenvalue weighted by molar-refractivity contribution is 0.138. The number of nitrogens with one attached hydrogen (secondary N) is 1. The van der Waals surface area contributed by atoms with Crippen LogP contribution in [0.4, 0.5) is 0 Å². The fourth-order valence-corrected chi connectivity index (χ4v) is 2.55. The Morgan fingerprint density at radius 1 is 1.38 bits per heavy atom. The fourth-order valence-electron chi connectivity index (χ4n) is 1.09. The van der Waals surface area contributed by atoms with Gasteiger partial charge < -0.3 is 10.4 Å². The molecule has 0 aromatic carbocycles. The molecule has 0 aliphatic heterocycles. The van der Waals surface area contributed by atoms with E-state index in [2.05, 4.69) is 5.32 Å². The number of aliphatic hydroxyl groups is 1. The maximum absolute atomic E-state index is 11.9. The Kier molecular flexibility index (Phi) is 5.89. The third-order valence-corrected chi connectivity index (χ3v) is 4.62. The van der Waals surface area contributed by atoms with Crippen LogP contribution in [0.3, 0.4) is 0 Å². The zero-order valence-corrected chi connectivity index (χ0v) is 11.6. The molecule has 6 heteroatoms. The number of likely N-dealkylation sites (N-methyl/N-ethyl adjacent to an activating group) is 1. The summed E-state index contributed by atoms with van der Waals surface area (Å²) in [6.45, 7) is 7.55. The smallest absolute Gasteiger partial charge is 0.215 e. The minimum absolute atomic E-state index is 0.0467. The summed E-state index contributed by atoms with van der Waals surface area (Å²) in [5, 5.41) is 12.2. The molecule has 0 heterocycles. The highest BCUT2D eigenvalue weighted by atomic mass is 32.2. The molecule has 2 N–H and O–H groups in total. The number of sulfonamides is 1. The number of nitrogens with zero attached hydrogens (tertiary/aromatic N) is 1. The summed E-state index contributed by atoms with van der Waals surface area (Å²) in [4.78, 5) is 0. The second-order valence-corrected chi connectivity index (χ2v) is 6.98. The number of hydrogen-bond acceptors (Lipinski definition) is 4. The summed E-state index contributed by atoms with van der Waals surface area (Å²) in [5.41, 5.74) is -0.753. The van der Waals surface area contributed by atoms with Crippen LogP contribution in [0.2, 0.25) is 0 Å². The van der Waals surface area contributed by atoms with Crippen molar-refractivity contribution in [2.45, 2.75) is 39.3 Å². The standard InChI is InChI=1S/C10H24N2O3S/c1-9(2)11-6-7-16(14,15)12(5)10(3,4)8-13/h9,11,13H,6-8H2,1-5H3. The van der Waals surface area contributed by atoms with Crippen LogP contribution in [0.25, 0.3) is 0 Å². The van der Waals surface area contributed by atoms with Crippen molar-refractivity contribution in [2.75, 3.05) is 26.0 Å². The fraction of sp³-hybridized carbons (Fsp3) is 1.00. The first-order valence-corrected chi connectivity index (χ1v) is 7.05. The molecule has 0 aliphatic carbocycles. The summed E-state index contributed by atoms with van der Waals surface area (Å²) in [7, 11) is -1.81. The summed E-state index contributed by atoms with van der Waals surface area (Å²) >= 11 is 0. The molecule has 5 nitrogen and oxygen atoms in total. The minimum Gasteiger partial charge on any atom is -0.394 e. The maximum Gasteiger partial charge on any atom is 0.215 e. The molecule has 16 heavy (non-hydrogen) atoms. The van der Waals surface area contributed by atoms with Gasteiger partial charge in [0.1, 0.15) is 0 Å². The Hall–Kier alpha value is -0.170. The molecule has 0 aromatic rings. The second-order valence-electron chi connectivity index (χ2n) is 4.86. The van der Waals surface area contributed by atoms with Crippen molar-refractivity contribution < 1.29 is 13.5 Å². The van der Waals surface area contributed by atoms with Crippen LogP contribution in [0.15, 0.2) is 0 Å². The number of hydrogen-bond donors (Lipinski definition) is 2. The Balaban J connectivity index is 4.44. The van der Waals surface area contributed by atoms with Gasteiger partial charge in [-0.15, -0.1) is 0 Å². The van der Waals surface area contributed by atoms with Gasteiger partial charge in [0.2, 0.25) is 10.0 Å². The molecule has 0 saturated heterocycles. The summed E-state index contributed by atoms with van der Waals surface area (Å²) < 4.78 is 25.0. The molecule has 0 saturated carbocycles. The average molecular weight is 252 g/mol. The molecule has 0 aliphatic rings. The van der Waals surface area contributed by atoms with Crippen molar-refractivity contribution in [3.05, 3.63) is 0 Å². The van der Waals surface area contributed by atoms with Gasteiger partial charge in [-0.2, -0.15) is 4.31 Å². The summed E-state index contributed by atoms with van der Waals surface area (Å²) in [6.07, 6.45) is 0. The van der Waals surface area contributed by atoms with Gasteiger partial charge >= 0.3 is 0 Å². The molecule has 0 rings (SSSR count). The van der Waals surface area contributed by atoms with E-state index in [0.29, 0.717) is 6.54 Å². The molecule has 0 unspecified atom stereocenters. The van der Waals surface area contributed by atoms with Crippen LogP contribution in [-0.4, -0.2) is 55.4 Å². The van der Waals surface area contributed by atoms with E-state index in [0.717, 1.165) is 0 Å². The molecule has 0 fully saturated rings. The van der Waals surface area contributed by atoms with Gasteiger partial charge in [0.05, 0.1) is 17.9 Å². The Morgan fingerprint density at radius 2 is 1.88 bits per heavy atom. The van der Waals surface area contributed by atoms with Crippen LogP contribution in [-0.2, 0) is 10.0 Å². The largest absolute Gasteiger partial charge is 0.394 e. The Bertz CT molecular complexity index is 299. The van der Waals surface area contributed by atoms with Gasteiger partial charge in [0, 0.05) is 19.6 Å². The van der Waals surface area contributed by atoms with E-state index >= 15 is 0 Å². The summed E-state index contributed by atoms with van der Waals surface area (Å²) in [6, 6.07) is 0.270. The maximum atomic E-state index is 11.9. The number of aliphatic hydroxyl groups excluding tert-OH is 1. The molecule has 98 valence electrons. The normalized spacial score (nSPS) is 13.8. The Morgan fingerprint density at radius 3 is 2.25 bits per heavy atom. The van der Waals surface area contributed by atoms with Crippen LogP contribution >= 0.6 is 0 Å². The van der Waals surface area contributed by atoms with Crippen LogP contribution in [0.5, 0.6) is 0 Å². The first-order chi connectivity index (χ1) is 7.13. The molecule has 0 radical (unpaired) electrons. The average Bonchev–Trinajstić information content (AvgIpc) is 2.15. The molecular formula is C10H24N2O3S. The van der Waals surface area contributed by atoms with Crippen molar-refractivity contribution in [3.8, 4) is 0 Å². The molecule has 0 spiro atoms. The van der Waals surface area contributed by atoms with Crippen molar-refractivity contribution in [2.24, 2.45) is 0 Å². The lowest BCUT2D eigenvalue weighted by atomic mass is 10.1. The highest BCUT2D eigenvalue weighted by Crippen LogP contribution is 2.15. The Labute approximate surface area is 98.9 Å². The van der Waals surface area contributed by atoms with Gasteiger partial charge in [-0.05, 0) is 13.8 Å². The predicted octanol–water partition coefficient (Wildman–Crippen LogP) is 0.0169. The topological polar surface area (TPSA) is 69.6 Å². The summed E-state index contributed by atoms with van der Waals surface area (Å²) in [5.74, 6) is 0.0467. The van der Waals surface area contributed by atoms with Gasteiger partial charge in [-0.1, -0.05) is 13.8 Å². The lowest BCUT2D eigenvalue weighted by Gasteiger charge is -2.32. The second kappa shape index (κ2) is 5.95. The molecule has 0 amide bonds. The van der Waals surface area contributed by atoms with Crippen LogP contribution in [0.1, 0.15) is 27.7 Å². The van der Waals surface area contributed by atoms with E-state index in [1.54, 1.807) is 13.8 Å². The highest BCUT2D eigenvalue weighted by Gasteiger charge is 2.31. The predicted molar refractivity (Wildman–Crippen MR) is 65.9 cm³/mol. The quantitative estimate of drug-likeness (QED) is 0.670.